The van der Waals surface area contributed by atoms with Gasteiger partial charge in [-0.15, -0.1) is 0 Å². The maximum absolute atomic E-state index is 12.4. The first-order chi connectivity index (χ1) is 13.2. The van der Waals surface area contributed by atoms with Gasteiger partial charge in [0.1, 0.15) is 5.52 Å². The van der Waals surface area contributed by atoms with Crippen LogP contribution < -0.4 is 10.2 Å². The van der Waals surface area contributed by atoms with Crippen molar-refractivity contribution >= 4 is 34.6 Å². The Labute approximate surface area is 164 Å². The summed E-state index contributed by atoms with van der Waals surface area (Å²) >= 11 is 6.03. The number of aromatic nitrogens is 1. The predicted molar refractivity (Wildman–Crippen MR) is 105 cm³/mol. The molecule has 7 heteroatoms. The Kier molecular flexibility index (Phi) is 5.83. The molecule has 1 aromatic carbocycles. The molecule has 1 amide bonds. The Morgan fingerprint density at radius 1 is 1.26 bits per heavy atom. The highest BCUT2D eigenvalue weighted by Gasteiger charge is 2.25. The third-order valence-electron chi connectivity index (χ3n) is 5.53. The second-order valence-electron chi connectivity index (χ2n) is 7.63. The van der Waals surface area contributed by atoms with E-state index in [9.17, 15) is 4.79 Å². The molecule has 6 nitrogen and oxygen atoms in total. The zero-order valence-corrected chi connectivity index (χ0v) is 16.2. The Morgan fingerprint density at radius 3 is 2.96 bits per heavy atom. The van der Waals surface area contributed by atoms with Gasteiger partial charge in [-0.05, 0) is 49.7 Å². The van der Waals surface area contributed by atoms with Crippen molar-refractivity contribution in [3.8, 4) is 0 Å². The summed E-state index contributed by atoms with van der Waals surface area (Å²) in [6.45, 7) is 4.10. The summed E-state index contributed by atoms with van der Waals surface area (Å²) in [5, 5.41) is 3.76. The van der Waals surface area contributed by atoms with Crippen LogP contribution in [0.2, 0.25) is 5.02 Å². The van der Waals surface area contributed by atoms with E-state index in [0.717, 1.165) is 64.0 Å². The number of ether oxygens (including phenoxy) is 1. The summed E-state index contributed by atoms with van der Waals surface area (Å²) in [5.74, 6) is 1.03. The number of nitrogens with zero attached hydrogens (tertiary/aromatic N) is 2. The fourth-order valence-electron chi connectivity index (χ4n) is 3.97. The molecule has 1 atom stereocenters. The molecule has 0 aliphatic carbocycles. The van der Waals surface area contributed by atoms with Gasteiger partial charge in [0.2, 0.25) is 5.91 Å². The number of amides is 1. The summed E-state index contributed by atoms with van der Waals surface area (Å²) in [5.41, 5.74) is 1.51. The number of hydrogen-bond donors (Lipinski definition) is 1. The lowest BCUT2D eigenvalue weighted by Gasteiger charge is -2.31. The number of benzene rings is 1. The smallest absolute Gasteiger partial charge is 0.298 e. The Balaban J connectivity index is 1.31. The fraction of sp³-hybridized carbons (Fsp3) is 0.600. The fourth-order valence-corrected chi connectivity index (χ4v) is 4.13. The summed E-state index contributed by atoms with van der Waals surface area (Å²) in [6, 6.07) is 6.10. The number of halogens is 1. The minimum atomic E-state index is 0.151. The number of nitrogens with one attached hydrogen (secondary N) is 1. The number of anilines is 1. The van der Waals surface area contributed by atoms with Gasteiger partial charge in [-0.25, -0.2) is 0 Å². The third-order valence-corrected chi connectivity index (χ3v) is 5.77. The first kappa shape index (κ1) is 18.6. The van der Waals surface area contributed by atoms with E-state index in [0.29, 0.717) is 34.9 Å². The average molecular weight is 392 g/mol. The second kappa shape index (κ2) is 8.48. The van der Waals surface area contributed by atoms with E-state index >= 15 is 0 Å². The number of hydrogen-bond acceptors (Lipinski definition) is 5. The van der Waals surface area contributed by atoms with Gasteiger partial charge in [0.25, 0.3) is 6.01 Å². The predicted octanol–water partition coefficient (Wildman–Crippen LogP) is 3.63. The molecule has 27 heavy (non-hydrogen) atoms. The van der Waals surface area contributed by atoms with E-state index in [2.05, 4.69) is 15.2 Å². The largest absolute Gasteiger partial charge is 0.423 e. The van der Waals surface area contributed by atoms with Crippen molar-refractivity contribution < 1.29 is 13.9 Å². The zero-order chi connectivity index (χ0) is 18.6. The summed E-state index contributed by atoms with van der Waals surface area (Å²) in [7, 11) is 0. The second-order valence-corrected chi connectivity index (χ2v) is 8.06. The van der Waals surface area contributed by atoms with Crippen LogP contribution in [0.5, 0.6) is 0 Å². The molecule has 1 aromatic heterocycles. The molecule has 0 radical (unpaired) electrons. The molecule has 0 saturated carbocycles. The molecule has 3 heterocycles. The average Bonchev–Trinajstić information content (AvgIpc) is 3.11. The van der Waals surface area contributed by atoms with Crippen LogP contribution in [0.1, 0.15) is 32.1 Å². The van der Waals surface area contributed by atoms with Crippen LogP contribution in [0.25, 0.3) is 11.1 Å². The van der Waals surface area contributed by atoms with Gasteiger partial charge in [0.05, 0.1) is 0 Å². The molecule has 2 saturated heterocycles. The van der Waals surface area contributed by atoms with Crippen LogP contribution in [0.15, 0.2) is 22.6 Å². The van der Waals surface area contributed by atoms with Gasteiger partial charge in [0.15, 0.2) is 5.58 Å². The highest BCUT2D eigenvalue weighted by atomic mass is 35.5. The van der Waals surface area contributed by atoms with Crippen LogP contribution in [0, 0.1) is 11.8 Å². The lowest BCUT2D eigenvalue weighted by atomic mass is 9.94. The van der Waals surface area contributed by atoms with Crippen LogP contribution >= 0.6 is 11.6 Å². The van der Waals surface area contributed by atoms with Gasteiger partial charge in [0, 0.05) is 50.4 Å². The summed E-state index contributed by atoms with van der Waals surface area (Å²) in [4.78, 5) is 19.1. The lowest BCUT2D eigenvalue weighted by molar-refractivity contribution is -0.122. The highest BCUT2D eigenvalue weighted by molar-refractivity contribution is 6.31. The molecular weight excluding hydrogens is 366 g/mol. The molecule has 1 unspecified atom stereocenters. The van der Waals surface area contributed by atoms with E-state index in [1.807, 2.05) is 12.1 Å². The standard InChI is InChI=1S/C20H26ClN3O3/c21-16-3-4-17-18(11-16)27-20(23-17)24-7-1-2-15(13-24)10-19(25)22-12-14-5-8-26-9-6-14/h3-4,11,14-15H,1-2,5-10,12-13H2,(H,22,25). The lowest BCUT2D eigenvalue weighted by Crippen LogP contribution is -2.39. The van der Waals surface area contributed by atoms with Crippen molar-refractivity contribution in [1.29, 1.82) is 0 Å². The van der Waals surface area contributed by atoms with Gasteiger partial charge < -0.3 is 19.4 Å². The van der Waals surface area contributed by atoms with Crippen LogP contribution in [-0.4, -0.2) is 43.7 Å². The molecule has 2 aliphatic heterocycles. The molecule has 2 aromatic rings. The normalized spacial score (nSPS) is 21.5. The van der Waals surface area contributed by atoms with E-state index < -0.39 is 0 Å². The van der Waals surface area contributed by atoms with Crippen LogP contribution in [-0.2, 0) is 9.53 Å². The van der Waals surface area contributed by atoms with Crippen molar-refractivity contribution in [3.05, 3.63) is 23.2 Å². The van der Waals surface area contributed by atoms with E-state index in [4.69, 9.17) is 20.8 Å². The Bertz CT molecular complexity index is 788. The van der Waals surface area contributed by atoms with Crippen LogP contribution in [0.3, 0.4) is 0 Å². The summed E-state index contributed by atoms with van der Waals surface area (Å²) < 4.78 is 11.3. The SMILES string of the molecule is O=C(CC1CCCN(c2nc3ccc(Cl)cc3o2)C1)NCC1CCOCC1. The number of rotatable bonds is 5. The van der Waals surface area contributed by atoms with Crippen molar-refractivity contribution in [2.75, 3.05) is 37.7 Å². The molecule has 0 spiro atoms. The summed E-state index contributed by atoms with van der Waals surface area (Å²) in [6.07, 6.45) is 4.74. The molecule has 4 rings (SSSR count). The minimum absolute atomic E-state index is 0.151. The maximum atomic E-state index is 12.4. The van der Waals surface area contributed by atoms with Gasteiger partial charge in [-0.3, -0.25) is 4.79 Å². The number of fused-ring (bicyclic) bond motifs is 1. The number of piperidine rings is 1. The van der Waals surface area contributed by atoms with E-state index in [1.165, 1.54) is 0 Å². The molecule has 2 aliphatic rings. The van der Waals surface area contributed by atoms with Gasteiger partial charge >= 0.3 is 0 Å². The zero-order valence-electron chi connectivity index (χ0n) is 15.5. The molecule has 1 N–H and O–H groups in total. The van der Waals surface area contributed by atoms with Gasteiger partial charge in [-0.1, -0.05) is 11.6 Å². The topological polar surface area (TPSA) is 67.6 Å². The van der Waals surface area contributed by atoms with E-state index in [1.54, 1.807) is 6.07 Å². The number of carbonyl (C=O) groups excluding carboxylic acids is 1. The minimum Gasteiger partial charge on any atom is -0.423 e. The molecule has 2 fully saturated rings. The molecular formula is C20H26ClN3O3. The van der Waals surface area contributed by atoms with E-state index in [-0.39, 0.29) is 5.91 Å². The van der Waals surface area contributed by atoms with Crippen molar-refractivity contribution in [2.45, 2.75) is 32.1 Å². The Hall–Kier alpha value is -1.79. The van der Waals surface area contributed by atoms with Crippen molar-refractivity contribution in [1.82, 2.24) is 10.3 Å². The quantitative estimate of drug-likeness (QED) is 0.842. The number of oxazole rings is 1. The first-order valence-corrected chi connectivity index (χ1v) is 10.2. The third kappa shape index (κ3) is 4.74. The van der Waals surface area contributed by atoms with Crippen LogP contribution in [0.4, 0.5) is 6.01 Å². The first-order valence-electron chi connectivity index (χ1n) is 9.83. The Morgan fingerprint density at radius 2 is 2.11 bits per heavy atom. The van der Waals surface area contributed by atoms with Gasteiger partial charge in [-0.2, -0.15) is 4.98 Å². The van der Waals surface area contributed by atoms with Crippen molar-refractivity contribution in [3.63, 3.8) is 0 Å². The maximum Gasteiger partial charge on any atom is 0.298 e. The van der Waals surface area contributed by atoms with Crippen molar-refractivity contribution in [2.24, 2.45) is 11.8 Å². The molecule has 0 bridgehead atoms. The molecule has 146 valence electrons. The monoisotopic (exact) mass is 391 g/mol. The highest BCUT2D eigenvalue weighted by Crippen LogP contribution is 2.28. The number of carbonyl (C=O) groups is 1.